The van der Waals surface area contributed by atoms with Gasteiger partial charge in [-0.2, -0.15) is 0 Å². The van der Waals surface area contributed by atoms with E-state index in [-0.39, 0.29) is 5.25 Å². The van der Waals surface area contributed by atoms with Gasteiger partial charge in [0.15, 0.2) is 4.34 Å². The fraction of sp³-hybridized carbons (Fsp3) is 0.619. The highest BCUT2D eigenvalue weighted by Crippen LogP contribution is 2.33. The number of thiazole rings is 1. The summed E-state index contributed by atoms with van der Waals surface area (Å²) in [7, 11) is 0. The molecule has 0 bridgehead atoms. The van der Waals surface area contributed by atoms with Crippen LogP contribution in [0.1, 0.15) is 77.6 Å². The van der Waals surface area contributed by atoms with E-state index < -0.39 is 5.97 Å². The second-order valence-corrected chi connectivity index (χ2v) is 9.34. The summed E-state index contributed by atoms with van der Waals surface area (Å²) >= 11 is 3.00. The van der Waals surface area contributed by atoms with Crippen molar-refractivity contribution in [2.24, 2.45) is 0 Å². The Bertz CT molecular complexity index is 623. The van der Waals surface area contributed by atoms with E-state index in [4.69, 9.17) is 0 Å². The van der Waals surface area contributed by atoms with Gasteiger partial charge in [-0.25, -0.2) is 4.98 Å². The van der Waals surface area contributed by atoms with Gasteiger partial charge in [0.2, 0.25) is 0 Å². The van der Waals surface area contributed by atoms with Gasteiger partial charge in [0.05, 0.1) is 10.2 Å². The standard InChI is InChI=1S/C21H31NO2S2/c1-2-3-4-5-6-7-8-9-10-11-16-19(20(23)24)26-21-22-17-14-12-13-15-18(17)25-21/h12-15,19H,2-11,16H2,1H3,(H,23,24). The van der Waals surface area contributed by atoms with Crippen LogP contribution in [0.15, 0.2) is 28.6 Å². The highest BCUT2D eigenvalue weighted by molar-refractivity contribution is 8.02. The van der Waals surface area contributed by atoms with Gasteiger partial charge in [0, 0.05) is 0 Å². The Balaban J connectivity index is 1.63. The van der Waals surface area contributed by atoms with Crippen LogP contribution < -0.4 is 0 Å². The molecule has 0 aliphatic carbocycles. The SMILES string of the molecule is CCCCCCCCCCCCC(Sc1nc2ccccc2s1)C(=O)O. The van der Waals surface area contributed by atoms with Crippen molar-refractivity contribution in [1.29, 1.82) is 0 Å². The first kappa shape index (κ1) is 21.2. The molecule has 3 nitrogen and oxygen atoms in total. The van der Waals surface area contributed by atoms with Crippen LogP contribution in [0.25, 0.3) is 10.2 Å². The molecule has 144 valence electrons. The van der Waals surface area contributed by atoms with Gasteiger partial charge in [0.1, 0.15) is 5.25 Å². The van der Waals surface area contributed by atoms with Crippen molar-refractivity contribution in [3.8, 4) is 0 Å². The zero-order valence-corrected chi connectivity index (χ0v) is 17.4. The summed E-state index contributed by atoms with van der Waals surface area (Å²) in [6.45, 7) is 2.25. The molecule has 0 saturated carbocycles. The quantitative estimate of drug-likeness (QED) is 0.273. The van der Waals surface area contributed by atoms with Crippen molar-refractivity contribution >= 4 is 39.3 Å². The molecule has 1 heterocycles. The number of aromatic nitrogens is 1. The minimum atomic E-state index is -0.717. The molecule has 0 amide bonds. The average molecular weight is 394 g/mol. The van der Waals surface area contributed by atoms with Crippen molar-refractivity contribution in [1.82, 2.24) is 4.98 Å². The van der Waals surface area contributed by atoms with Crippen molar-refractivity contribution in [2.75, 3.05) is 0 Å². The van der Waals surface area contributed by atoms with E-state index in [9.17, 15) is 9.90 Å². The maximum absolute atomic E-state index is 11.6. The van der Waals surface area contributed by atoms with Gasteiger partial charge >= 0.3 is 5.97 Å². The zero-order chi connectivity index (χ0) is 18.6. The van der Waals surface area contributed by atoms with Crippen molar-refractivity contribution in [2.45, 2.75) is 87.1 Å². The molecule has 2 rings (SSSR count). The predicted octanol–water partition coefficient (Wildman–Crippen LogP) is 7.15. The highest BCUT2D eigenvalue weighted by Gasteiger charge is 2.20. The number of carboxylic acids is 1. The molecule has 0 fully saturated rings. The number of nitrogens with zero attached hydrogens (tertiary/aromatic N) is 1. The van der Waals surface area contributed by atoms with Gasteiger partial charge in [-0.15, -0.1) is 11.3 Å². The van der Waals surface area contributed by atoms with Gasteiger partial charge in [-0.3, -0.25) is 4.79 Å². The van der Waals surface area contributed by atoms with E-state index in [1.165, 1.54) is 63.1 Å². The highest BCUT2D eigenvalue weighted by atomic mass is 32.2. The normalized spacial score (nSPS) is 12.5. The molecule has 26 heavy (non-hydrogen) atoms. The Hall–Kier alpha value is -1.07. The number of thioether (sulfide) groups is 1. The molecule has 0 spiro atoms. The summed E-state index contributed by atoms with van der Waals surface area (Å²) < 4.78 is 1.99. The molecule has 1 aromatic carbocycles. The first-order valence-electron chi connectivity index (χ1n) is 9.95. The van der Waals surface area contributed by atoms with Crippen LogP contribution in [-0.4, -0.2) is 21.3 Å². The average Bonchev–Trinajstić information content (AvgIpc) is 3.04. The molecule has 5 heteroatoms. The number of fused-ring (bicyclic) bond motifs is 1. The Morgan fingerprint density at radius 1 is 1.04 bits per heavy atom. The molecule has 0 radical (unpaired) electrons. The second-order valence-electron chi connectivity index (χ2n) is 6.86. The van der Waals surface area contributed by atoms with E-state index in [2.05, 4.69) is 11.9 Å². The van der Waals surface area contributed by atoms with E-state index in [1.807, 2.05) is 24.3 Å². The van der Waals surface area contributed by atoms with Crippen LogP contribution in [0.2, 0.25) is 0 Å². The van der Waals surface area contributed by atoms with E-state index in [1.54, 1.807) is 11.3 Å². The molecular weight excluding hydrogens is 362 g/mol. The fourth-order valence-electron chi connectivity index (χ4n) is 3.07. The zero-order valence-electron chi connectivity index (χ0n) is 15.8. The Morgan fingerprint density at radius 3 is 2.27 bits per heavy atom. The molecule has 0 aliphatic heterocycles. The lowest BCUT2D eigenvalue weighted by molar-refractivity contribution is -0.136. The maximum Gasteiger partial charge on any atom is 0.317 e. The second kappa shape index (κ2) is 12.3. The maximum atomic E-state index is 11.6. The first-order chi connectivity index (χ1) is 12.7. The number of aliphatic carboxylic acids is 1. The largest absolute Gasteiger partial charge is 0.480 e. The molecule has 2 aromatic rings. The number of rotatable bonds is 14. The number of unbranched alkanes of at least 4 members (excludes halogenated alkanes) is 9. The number of hydrogen-bond acceptors (Lipinski definition) is 4. The van der Waals surface area contributed by atoms with Gasteiger partial charge in [0.25, 0.3) is 0 Å². The van der Waals surface area contributed by atoms with Crippen LogP contribution >= 0.6 is 23.1 Å². The lowest BCUT2D eigenvalue weighted by atomic mass is 10.1. The van der Waals surface area contributed by atoms with Crippen LogP contribution in [0.5, 0.6) is 0 Å². The Morgan fingerprint density at radius 2 is 1.65 bits per heavy atom. The van der Waals surface area contributed by atoms with E-state index in [0.29, 0.717) is 0 Å². The lowest BCUT2D eigenvalue weighted by Gasteiger charge is -2.10. The van der Waals surface area contributed by atoms with Gasteiger partial charge in [-0.05, 0) is 18.6 Å². The molecule has 0 saturated heterocycles. The number of para-hydroxylation sites is 1. The summed E-state index contributed by atoms with van der Waals surface area (Å²) in [4.78, 5) is 16.1. The van der Waals surface area contributed by atoms with Crippen molar-refractivity contribution in [3.05, 3.63) is 24.3 Å². The first-order valence-corrected chi connectivity index (χ1v) is 11.7. The van der Waals surface area contributed by atoms with Gasteiger partial charge < -0.3 is 5.11 Å². The Labute approximate surface area is 165 Å². The van der Waals surface area contributed by atoms with Crippen LogP contribution in [0, 0.1) is 0 Å². The summed E-state index contributed by atoms with van der Waals surface area (Å²) in [5.41, 5.74) is 0.961. The van der Waals surface area contributed by atoms with E-state index >= 15 is 0 Å². The molecule has 1 unspecified atom stereocenters. The number of hydrogen-bond donors (Lipinski definition) is 1. The number of carbonyl (C=O) groups is 1. The summed E-state index contributed by atoms with van der Waals surface area (Å²) in [6, 6.07) is 7.98. The molecule has 1 atom stereocenters. The monoisotopic (exact) mass is 393 g/mol. The summed E-state index contributed by atoms with van der Waals surface area (Å²) in [5.74, 6) is -0.717. The van der Waals surface area contributed by atoms with E-state index in [0.717, 1.165) is 33.8 Å². The minimum absolute atomic E-state index is 0.385. The van der Waals surface area contributed by atoms with Gasteiger partial charge in [-0.1, -0.05) is 95.0 Å². The molecular formula is C21H31NO2S2. The topological polar surface area (TPSA) is 50.2 Å². The fourth-order valence-corrected chi connectivity index (χ4v) is 5.36. The predicted molar refractivity (Wildman–Crippen MR) is 113 cm³/mol. The Kier molecular flexibility index (Phi) is 10.1. The van der Waals surface area contributed by atoms with Crippen molar-refractivity contribution in [3.63, 3.8) is 0 Å². The third-order valence-corrected chi connectivity index (χ3v) is 7.00. The van der Waals surface area contributed by atoms with Crippen LogP contribution in [0.3, 0.4) is 0 Å². The minimum Gasteiger partial charge on any atom is -0.480 e. The summed E-state index contributed by atoms with van der Waals surface area (Å²) in [6.07, 6.45) is 13.5. The lowest BCUT2D eigenvalue weighted by Crippen LogP contribution is -2.16. The van der Waals surface area contributed by atoms with Crippen molar-refractivity contribution < 1.29 is 9.90 Å². The molecule has 1 aromatic heterocycles. The smallest absolute Gasteiger partial charge is 0.317 e. The number of carboxylic acid groups (broad SMARTS) is 1. The summed E-state index contributed by atoms with van der Waals surface area (Å²) in [5, 5.41) is 9.12. The van der Waals surface area contributed by atoms with Crippen LogP contribution in [-0.2, 0) is 4.79 Å². The van der Waals surface area contributed by atoms with Crippen LogP contribution in [0.4, 0.5) is 0 Å². The number of benzene rings is 1. The third-order valence-electron chi connectivity index (χ3n) is 4.61. The molecule has 1 N–H and O–H groups in total. The third kappa shape index (κ3) is 7.67. The molecule has 0 aliphatic rings.